The molecule has 0 spiro atoms. The van der Waals surface area contributed by atoms with Crippen LogP contribution in [-0.4, -0.2) is 64.9 Å². The van der Waals surface area contributed by atoms with Crippen LogP contribution in [0.25, 0.3) is 11.2 Å². The fraction of sp³-hybridized carbons (Fsp3) is 0.583. The van der Waals surface area contributed by atoms with Crippen molar-refractivity contribution in [1.82, 2.24) is 19.5 Å². The average Bonchev–Trinajstić information content (AvgIpc) is 2.91. The lowest BCUT2D eigenvalue weighted by Gasteiger charge is -2.40. The Morgan fingerprint density at radius 3 is 2.62 bits per heavy atom. The monoisotopic (exact) mass is 295 g/mol. The van der Waals surface area contributed by atoms with Gasteiger partial charge in [0.25, 0.3) is 0 Å². The quantitative estimate of drug-likeness (QED) is 0.428. The molecule has 0 bridgehead atoms. The Balaban J connectivity index is 2.03. The Bertz CT molecular complexity index is 646. The normalized spacial score (nSPS) is 33.4. The number of hydrogen-bond donors (Lipinski definition) is 5. The molecule has 1 saturated carbocycles. The lowest BCUT2D eigenvalue weighted by Crippen LogP contribution is -2.52. The summed E-state index contributed by atoms with van der Waals surface area (Å²) >= 11 is 0. The first-order valence-corrected chi connectivity index (χ1v) is 6.62. The van der Waals surface area contributed by atoms with E-state index < -0.39 is 30.3 Å². The third kappa shape index (κ3) is 2.14. The lowest BCUT2D eigenvalue weighted by atomic mass is 9.79. The van der Waals surface area contributed by atoms with Crippen molar-refractivity contribution in [3.05, 3.63) is 12.7 Å². The third-order valence-electron chi connectivity index (χ3n) is 4.10. The van der Waals surface area contributed by atoms with Crippen LogP contribution in [0.2, 0.25) is 0 Å². The standard InChI is InChI=1S/C12H17N5O4/c13-11-7-12(15-3-14-11)17(4-16-7)6-1-5(2-18)8(19)10(21)9(6)20/h3-6,8-10,18-21H,1-2H2,(H2,13,14,15)/t5-,6-,8+,9-,10-/m0/s1. The Morgan fingerprint density at radius 1 is 1.14 bits per heavy atom. The van der Waals surface area contributed by atoms with Crippen molar-refractivity contribution < 1.29 is 20.4 Å². The fourth-order valence-corrected chi connectivity index (χ4v) is 2.87. The molecule has 2 heterocycles. The fourth-order valence-electron chi connectivity index (χ4n) is 2.87. The molecule has 3 rings (SSSR count). The van der Waals surface area contributed by atoms with Crippen LogP contribution in [0, 0.1) is 5.92 Å². The number of rotatable bonds is 2. The van der Waals surface area contributed by atoms with Gasteiger partial charge in [0.05, 0.1) is 18.5 Å². The molecule has 0 aromatic carbocycles. The highest BCUT2D eigenvalue weighted by atomic mass is 16.4. The molecule has 9 nitrogen and oxygen atoms in total. The minimum absolute atomic E-state index is 0.225. The molecule has 2 aromatic rings. The van der Waals surface area contributed by atoms with E-state index in [1.54, 1.807) is 4.57 Å². The molecule has 1 aliphatic rings. The summed E-state index contributed by atoms with van der Waals surface area (Å²) in [5, 5.41) is 39.3. The zero-order valence-electron chi connectivity index (χ0n) is 11.1. The van der Waals surface area contributed by atoms with Crippen molar-refractivity contribution in [2.75, 3.05) is 12.3 Å². The second-order valence-corrected chi connectivity index (χ2v) is 5.30. The molecule has 114 valence electrons. The van der Waals surface area contributed by atoms with Crippen LogP contribution in [0.15, 0.2) is 12.7 Å². The summed E-state index contributed by atoms with van der Waals surface area (Å²) in [7, 11) is 0. The van der Waals surface area contributed by atoms with E-state index in [4.69, 9.17) is 5.73 Å². The first-order chi connectivity index (χ1) is 10.0. The van der Waals surface area contributed by atoms with Gasteiger partial charge in [-0.25, -0.2) is 15.0 Å². The van der Waals surface area contributed by atoms with E-state index in [9.17, 15) is 20.4 Å². The molecule has 1 fully saturated rings. The van der Waals surface area contributed by atoms with Gasteiger partial charge in [-0.1, -0.05) is 0 Å². The highest BCUT2D eigenvalue weighted by molar-refractivity contribution is 5.81. The molecule has 21 heavy (non-hydrogen) atoms. The summed E-state index contributed by atoms with van der Waals surface area (Å²) in [6.07, 6.45) is -0.683. The van der Waals surface area contributed by atoms with Gasteiger partial charge in [0.15, 0.2) is 11.5 Å². The number of nitrogens with two attached hydrogens (primary N) is 1. The van der Waals surface area contributed by atoms with Crippen molar-refractivity contribution in [2.45, 2.75) is 30.8 Å². The van der Waals surface area contributed by atoms with Crippen LogP contribution in [0.4, 0.5) is 5.82 Å². The minimum Gasteiger partial charge on any atom is -0.396 e. The van der Waals surface area contributed by atoms with Crippen molar-refractivity contribution in [1.29, 1.82) is 0 Å². The molecule has 1 aliphatic carbocycles. The smallest absolute Gasteiger partial charge is 0.165 e. The molecule has 0 amide bonds. The number of nitrogens with zero attached hydrogens (tertiary/aromatic N) is 4. The number of fused-ring (bicyclic) bond motifs is 1. The van der Waals surface area contributed by atoms with Gasteiger partial charge in [-0.3, -0.25) is 0 Å². The van der Waals surface area contributed by atoms with Crippen LogP contribution >= 0.6 is 0 Å². The van der Waals surface area contributed by atoms with Gasteiger partial charge in [0.1, 0.15) is 24.1 Å². The summed E-state index contributed by atoms with van der Waals surface area (Å²) in [6.45, 7) is -0.287. The maximum absolute atomic E-state index is 10.2. The number of hydrogen-bond acceptors (Lipinski definition) is 8. The van der Waals surface area contributed by atoms with Crippen molar-refractivity contribution >= 4 is 17.0 Å². The molecule has 0 unspecified atom stereocenters. The first kappa shape index (κ1) is 14.1. The van der Waals surface area contributed by atoms with E-state index >= 15 is 0 Å². The predicted molar refractivity (Wildman–Crippen MR) is 72.0 cm³/mol. The summed E-state index contributed by atoms with van der Waals surface area (Å²) in [5.74, 6) is -0.312. The number of anilines is 1. The minimum atomic E-state index is -1.35. The summed E-state index contributed by atoms with van der Waals surface area (Å²) in [5.41, 5.74) is 6.56. The Morgan fingerprint density at radius 2 is 1.90 bits per heavy atom. The van der Waals surface area contributed by atoms with Gasteiger partial charge in [0, 0.05) is 12.5 Å². The number of nitrogen functional groups attached to an aromatic ring is 1. The highest BCUT2D eigenvalue weighted by Gasteiger charge is 2.43. The van der Waals surface area contributed by atoms with Crippen molar-refractivity contribution in [3.8, 4) is 0 Å². The van der Waals surface area contributed by atoms with E-state index in [1.165, 1.54) is 12.7 Å². The molecule has 9 heteroatoms. The van der Waals surface area contributed by atoms with E-state index in [0.717, 1.165) is 0 Å². The zero-order valence-corrected chi connectivity index (χ0v) is 11.1. The van der Waals surface area contributed by atoms with Gasteiger partial charge in [0.2, 0.25) is 0 Å². The van der Waals surface area contributed by atoms with Gasteiger partial charge in [-0.15, -0.1) is 0 Å². The molecule has 0 aliphatic heterocycles. The van der Waals surface area contributed by atoms with Crippen molar-refractivity contribution in [3.63, 3.8) is 0 Å². The Labute approximate surface area is 119 Å². The SMILES string of the molecule is Nc1ncnc2c1ncn2[C@H]1C[C@@H](CO)[C@@H](O)[C@H](O)[C@H]1O. The third-order valence-corrected chi connectivity index (χ3v) is 4.10. The second-order valence-electron chi connectivity index (χ2n) is 5.30. The molecule has 0 saturated heterocycles. The molecule has 0 radical (unpaired) electrons. The topological polar surface area (TPSA) is 151 Å². The van der Waals surface area contributed by atoms with Gasteiger partial charge in [-0.2, -0.15) is 0 Å². The van der Waals surface area contributed by atoms with E-state index in [1.807, 2.05) is 0 Å². The number of aliphatic hydroxyl groups is 4. The van der Waals surface area contributed by atoms with E-state index in [0.29, 0.717) is 11.2 Å². The molecule has 6 N–H and O–H groups in total. The van der Waals surface area contributed by atoms with E-state index in [-0.39, 0.29) is 18.8 Å². The maximum atomic E-state index is 10.2. The molecule has 2 aromatic heterocycles. The molecular weight excluding hydrogens is 278 g/mol. The van der Waals surface area contributed by atoms with Crippen molar-refractivity contribution in [2.24, 2.45) is 5.92 Å². The van der Waals surface area contributed by atoms with Crippen LogP contribution in [-0.2, 0) is 0 Å². The summed E-state index contributed by atoms with van der Waals surface area (Å²) in [6, 6.07) is -0.570. The average molecular weight is 295 g/mol. The maximum Gasteiger partial charge on any atom is 0.165 e. The number of aliphatic hydroxyl groups excluding tert-OH is 4. The van der Waals surface area contributed by atoms with Crippen LogP contribution in [0.5, 0.6) is 0 Å². The summed E-state index contributed by atoms with van der Waals surface area (Å²) < 4.78 is 1.59. The largest absolute Gasteiger partial charge is 0.396 e. The van der Waals surface area contributed by atoms with Crippen LogP contribution < -0.4 is 5.73 Å². The number of aromatic nitrogens is 4. The first-order valence-electron chi connectivity index (χ1n) is 6.62. The van der Waals surface area contributed by atoms with Crippen LogP contribution in [0.3, 0.4) is 0 Å². The Hall–Kier alpha value is -1.81. The Kier molecular flexibility index (Phi) is 3.49. The second kappa shape index (κ2) is 5.19. The van der Waals surface area contributed by atoms with Gasteiger partial charge < -0.3 is 30.7 Å². The molecule has 5 atom stereocenters. The predicted octanol–water partition coefficient (Wildman–Crippen LogP) is -1.96. The summed E-state index contributed by atoms with van der Waals surface area (Å²) in [4.78, 5) is 12.1. The van der Waals surface area contributed by atoms with Gasteiger partial charge in [-0.05, 0) is 6.42 Å². The van der Waals surface area contributed by atoms with E-state index in [2.05, 4.69) is 15.0 Å². The highest BCUT2D eigenvalue weighted by Crippen LogP contribution is 2.35. The number of imidazole rings is 1. The lowest BCUT2D eigenvalue weighted by molar-refractivity contribution is -0.137. The zero-order chi connectivity index (χ0) is 15.1. The van der Waals surface area contributed by atoms with Gasteiger partial charge >= 0.3 is 0 Å². The molecular formula is C12H17N5O4. The van der Waals surface area contributed by atoms with Crippen LogP contribution in [0.1, 0.15) is 12.5 Å².